The maximum atomic E-state index is 5.07. The summed E-state index contributed by atoms with van der Waals surface area (Å²) in [6, 6.07) is 15.3. The molecule has 0 saturated carbocycles. The molecule has 5 nitrogen and oxygen atoms in total. The summed E-state index contributed by atoms with van der Waals surface area (Å²) >= 11 is 0. The van der Waals surface area contributed by atoms with E-state index in [0.29, 0.717) is 5.92 Å². The number of hydrogen-bond donors (Lipinski definition) is 0. The molecule has 2 aromatic carbocycles. The summed E-state index contributed by atoms with van der Waals surface area (Å²) in [6.45, 7) is 5.16. The van der Waals surface area contributed by atoms with Gasteiger partial charge in [0, 0.05) is 36.3 Å². The van der Waals surface area contributed by atoms with Crippen LogP contribution in [0.2, 0.25) is 0 Å². The fourth-order valence-electron chi connectivity index (χ4n) is 4.95. The Kier molecular flexibility index (Phi) is 4.16. The van der Waals surface area contributed by atoms with E-state index < -0.39 is 0 Å². The fraction of sp³-hybridized carbons (Fsp3) is 0.269. The van der Waals surface area contributed by atoms with E-state index in [9.17, 15) is 0 Å². The summed E-state index contributed by atoms with van der Waals surface area (Å²) in [5.41, 5.74) is 8.66. The van der Waals surface area contributed by atoms with Crippen LogP contribution in [0.5, 0.6) is 0 Å². The monoisotopic (exact) mass is 407 g/mol. The minimum Gasteiger partial charge on any atom is -0.306 e. The maximum absolute atomic E-state index is 5.07. The van der Waals surface area contributed by atoms with Gasteiger partial charge in [-0.15, -0.1) is 0 Å². The van der Waals surface area contributed by atoms with Crippen molar-refractivity contribution in [2.45, 2.75) is 45.6 Å². The molecule has 1 unspecified atom stereocenters. The van der Waals surface area contributed by atoms with Gasteiger partial charge in [0.15, 0.2) is 5.82 Å². The lowest BCUT2D eigenvalue weighted by molar-refractivity contribution is 0.445. The quantitative estimate of drug-likeness (QED) is 0.475. The van der Waals surface area contributed by atoms with Gasteiger partial charge in [0.2, 0.25) is 0 Å². The van der Waals surface area contributed by atoms with Crippen LogP contribution in [-0.2, 0) is 13.0 Å². The fourth-order valence-corrected chi connectivity index (χ4v) is 4.95. The predicted octanol–water partition coefficient (Wildman–Crippen LogP) is 5.10. The molecule has 0 amide bonds. The van der Waals surface area contributed by atoms with Crippen molar-refractivity contribution in [3.8, 4) is 5.69 Å². The average Bonchev–Trinajstić information content (AvgIpc) is 3.50. The number of hydrogen-bond acceptors (Lipinski definition) is 3. The van der Waals surface area contributed by atoms with Crippen LogP contribution in [0.15, 0.2) is 55.0 Å². The van der Waals surface area contributed by atoms with Crippen LogP contribution in [0.4, 0.5) is 0 Å². The molecule has 0 radical (unpaired) electrons. The second kappa shape index (κ2) is 7.05. The molecular weight excluding hydrogens is 382 g/mol. The first-order chi connectivity index (χ1) is 15.2. The van der Waals surface area contributed by atoms with Crippen molar-refractivity contribution < 1.29 is 0 Å². The number of benzene rings is 2. The van der Waals surface area contributed by atoms with Gasteiger partial charge in [-0.2, -0.15) is 5.10 Å². The molecular formula is C26H25N5. The van der Waals surface area contributed by atoms with Gasteiger partial charge in [0.25, 0.3) is 0 Å². The average molecular weight is 408 g/mol. The standard InChI is InChI=1S/C26H25N5/c1-17-6-3-4-7-23(17)24-8-5-11-31-26(24)28-25(29-31)21-12-19-9-10-22(14-20(19)13-21)30-15-18(2)27-16-30/h3-4,6-7,9-10,13-16,24H,5,8,11-12H2,1-2H3. The third-order valence-corrected chi connectivity index (χ3v) is 6.58. The Bertz CT molecular complexity index is 1320. The topological polar surface area (TPSA) is 48.5 Å². The molecule has 3 heterocycles. The van der Waals surface area contributed by atoms with Crippen LogP contribution in [0, 0.1) is 13.8 Å². The highest BCUT2D eigenvalue weighted by Gasteiger charge is 2.28. The van der Waals surface area contributed by atoms with Crippen molar-refractivity contribution in [1.82, 2.24) is 24.3 Å². The van der Waals surface area contributed by atoms with E-state index >= 15 is 0 Å². The van der Waals surface area contributed by atoms with E-state index in [1.165, 1.54) is 27.8 Å². The Morgan fingerprint density at radius 3 is 2.81 bits per heavy atom. The Hall–Kier alpha value is -3.47. The second-order valence-electron chi connectivity index (χ2n) is 8.72. The molecule has 0 spiro atoms. The molecule has 1 aliphatic heterocycles. The van der Waals surface area contributed by atoms with Crippen LogP contribution in [-0.4, -0.2) is 24.3 Å². The zero-order valence-electron chi connectivity index (χ0n) is 17.9. The lowest BCUT2D eigenvalue weighted by Crippen LogP contribution is -2.18. The van der Waals surface area contributed by atoms with Crippen molar-refractivity contribution in [2.75, 3.05) is 0 Å². The number of rotatable bonds is 3. The number of nitrogens with zero attached hydrogens (tertiary/aromatic N) is 5. The van der Waals surface area contributed by atoms with Crippen LogP contribution in [0.1, 0.15) is 58.4 Å². The van der Waals surface area contributed by atoms with Gasteiger partial charge < -0.3 is 4.57 Å². The molecule has 1 aliphatic carbocycles. The zero-order valence-corrected chi connectivity index (χ0v) is 17.9. The SMILES string of the molecule is Cc1cn(-c2ccc3c(c2)C=C(c2nc4n(n2)CCCC4c2ccccc2C)C3)cn1. The van der Waals surface area contributed by atoms with Crippen LogP contribution in [0.25, 0.3) is 17.3 Å². The van der Waals surface area contributed by atoms with E-state index in [1.807, 2.05) is 13.3 Å². The third-order valence-electron chi connectivity index (χ3n) is 6.58. The summed E-state index contributed by atoms with van der Waals surface area (Å²) in [7, 11) is 0. The lowest BCUT2D eigenvalue weighted by atomic mass is 9.88. The van der Waals surface area contributed by atoms with Gasteiger partial charge in [0.05, 0.1) is 12.0 Å². The molecule has 2 aliphatic rings. The number of allylic oxidation sites excluding steroid dienone is 1. The highest BCUT2D eigenvalue weighted by Crippen LogP contribution is 2.36. The van der Waals surface area contributed by atoms with E-state index in [4.69, 9.17) is 10.1 Å². The summed E-state index contributed by atoms with van der Waals surface area (Å²) in [6.07, 6.45) is 9.34. The molecule has 4 aromatic rings. The molecule has 154 valence electrons. The van der Waals surface area contributed by atoms with E-state index in [2.05, 4.69) is 75.9 Å². The summed E-state index contributed by atoms with van der Waals surface area (Å²) in [5.74, 6) is 2.32. The van der Waals surface area contributed by atoms with Gasteiger partial charge in [-0.1, -0.05) is 30.3 Å². The smallest absolute Gasteiger partial charge is 0.177 e. The van der Waals surface area contributed by atoms with Crippen molar-refractivity contribution in [2.24, 2.45) is 0 Å². The maximum Gasteiger partial charge on any atom is 0.177 e. The third kappa shape index (κ3) is 3.12. The molecule has 31 heavy (non-hydrogen) atoms. The largest absolute Gasteiger partial charge is 0.306 e. The first-order valence-corrected chi connectivity index (χ1v) is 11.0. The van der Waals surface area contributed by atoms with Crippen molar-refractivity contribution in [3.05, 3.63) is 94.6 Å². The predicted molar refractivity (Wildman–Crippen MR) is 122 cm³/mol. The second-order valence-corrected chi connectivity index (χ2v) is 8.72. The minimum atomic E-state index is 0.330. The van der Waals surface area contributed by atoms with Gasteiger partial charge >= 0.3 is 0 Å². The Labute approximate surface area is 182 Å². The number of fused-ring (bicyclic) bond motifs is 2. The van der Waals surface area contributed by atoms with E-state index in [1.54, 1.807) is 0 Å². The van der Waals surface area contributed by atoms with Crippen LogP contribution in [0.3, 0.4) is 0 Å². The molecule has 1 atom stereocenters. The Morgan fingerprint density at radius 2 is 1.97 bits per heavy atom. The lowest BCUT2D eigenvalue weighted by Gasteiger charge is -2.23. The summed E-state index contributed by atoms with van der Waals surface area (Å²) in [5, 5.41) is 4.93. The highest BCUT2D eigenvalue weighted by atomic mass is 15.4. The number of imidazole rings is 1. The van der Waals surface area contributed by atoms with Gasteiger partial charge in [-0.3, -0.25) is 0 Å². The van der Waals surface area contributed by atoms with Crippen molar-refractivity contribution in [3.63, 3.8) is 0 Å². The minimum absolute atomic E-state index is 0.330. The van der Waals surface area contributed by atoms with Gasteiger partial charge in [-0.25, -0.2) is 14.6 Å². The molecule has 0 bridgehead atoms. The summed E-state index contributed by atoms with van der Waals surface area (Å²) in [4.78, 5) is 9.42. The van der Waals surface area contributed by atoms with Crippen LogP contribution >= 0.6 is 0 Å². The van der Waals surface area contributed by atoms with Crippen LogP contribution < -0.4 is 0 Å². The first kappa shape index (κ1) is 18.3. The molecule has 0 saturated heterocycles. The number of aryl methyl sites for hydroxylation is 3. The van der Waals surface area contributed by atoms with Crippen molar-refractivity contribution >= 4 is 11.6 Å². The molecule has 0 fully saturated rings. The van der Waals surface area contributed by atoms with E-state index in [0.717, 1.165) is 48.8 Å². The highest BCUT2D eigenvalue weighted by molar-refractivity contribution is 5.87. The Morgan fingerprint density at radius 1 is 1.06 bits per heavy atom. The molecule has 0 N–H and O–H groups in total. The first-order valence-electron chi connectivity index (χ1n) is 11.0. The Balaban J connectivity index is 1.34. The van der Waals surface area contributed by atoms with E-state index in [-0.39, 0.29) is 0 Å². The molecule has 6 rings (SSSR count). The normalized spacial score (nSPS) is 17.4. The van der Waals surface area contributed by atoms with Crippen molar-refractivity contribution in [1.29, 1.82) is 0 Å². The molecule has 2 aromatic heterocycles. The summed E-state index contributed by atoms with van der Waals surface area (Å²) < 4.78 is 4.21. The number of aromatic nitrogens is 5. The molecule has 5 heteroatoms. The van der Waals surface area contributed by atoms with Gasteiger partial charge in [0.1, 0.15) is 5.82 Å². The zero-order chi connectivity index (χ0) is 20.9. The van der Waals surface area contributed by atoms with Gasteiger partial charge in [-0.05, 0) is 67.2 Å².